The van der Waals surface area contributed by atoms with Crippen LogP contribution in [-0.2, 0) is 4.79 Å². The van der Waals surface area contributed by atoms with Crippen molar-refractivity contribution in [3.05, 3.63) is 29.8 Å². The molecular formula is C13H15F2NO2S. The van der Waals surface area contributed by atoms with Crippen molar-refractivity contribution < 1.29 is 18.7 Å². The van der Waals surface area contributed by atoms with Crippen molar-refractivity contribution in [3.63, 3.8) is 0 Å². The molecule has 0 saturated heterocycles. The molecule has 104 valence electrons. The lowest BCUT2D eigenvalue weighted by Gasteiger charge is -2.12. The van der Waals surface area contributed by atoms with Crippen LogP contribution in [0.5, 0.6) is 0 Å². The van der Waals surface area contributed by atoms with E-state index in [1.54, 1.807) is 0 Å². The van der Waals surface area contributed by atoms with Gasteiger partial charge >= 0.3 is 0 Å². The van der Waals surface area contributed by atoms with Crippen LogP contribution in [0.4, 0.5) is 8.78 Å². The van der Waals surface area contributed by atoms with E-state index in [4.69, 9.17) is 5.11 Å². The van der Waals surface area contributed by atoms with Crippen LogP contribution in [0.15, 0.2) is 23.1 Å². The Kier molecular flexibility index (Phi) is 4.42. The molecule has 1 amide bonds. The first kappa shape index (κ1) is 14.3. The molecule has 6 heteroatoms. The largest absolute Gasteiger partial charge is 0.396 e. The molecule has 1 saturated carbocycles. The molecule has 0 aliphatic heterocycles. The Morgan fingerprint density at radius 2 is 2.16 bits per heavy atom. The molecule has 0 spiro atoms. The number of aliphatic hydroxyl groups excluding tert-OH is 1. The van der Waals surface area contributed by atoms with Crippen LogP contribution in [0.2, 0.25) is 0 Å². The molecular weight excluding hydrogens is 272 g/mol. The Balaban J connectivity index is 1.77. The smallest absolute Gasteiger partial charge is 0.230 e. The molecule has 0 aromatic heterocycles. The van der Waals surface area contributed by atoms with Gasteiger partial charge in [-0.3, -0.25) is 4.79 Å². The van der Waals surface area contributed by atoms with Crippen molar-refractivity contribution in [2.75, 3.05) is 18.9 Å². The van der Waals surface area contributed by atoms with Gasteiger partial charge in [-0.15, -0.1) is 11.8 Å². The van der Waals surface area contributed by atoms with E-state index in [1.807, 2.05) is 0 Å². The van der Waals surface area contributed by atoms with Crippen LogP contribution in [0.1, 0.15) is 12.8 Å². The fourth-order valence-electron chi connectivity index (χ4n) is 1.64. The van der Waals surface area contributed by atoms with Crippen LogP contribution in [0, 0.1) is 17.0 Å². The van der Waals surface area contributed by atoms with Crippen LogP contribution in [0.3, 0.4) is 0 Å². The summed E-state index contributed by atoms with van der Waals surface area (Å²) in [5.41, 5.74) is -0.137. The Hall–Kier alpha value is -1.14. The van der Waals surface area contributed by atoms with Crippen molar-refractivity contribution in [1.82, 2.24) is 5.32 Å². The van der Waals surface area contributed by atoms with Gasteiger partial charge in [-0.1, -0.05) is 0 Å². The molecule has 1 aromatic rings. The molecule has 2 N–H and O–H groups in total. The summed E-state index contributed by atoms with van der Waals surface area (Å²) in [6.45, 7) is 0.530. The van der Waals surface area contributed by atoms with E-state index in [0.717, 1.165) is 36.7 Å². The van der Waals surface area contributed by atoms with Crippen molar-refractivity contribution in [2.45, 2.75) is 17.7 Å². The van der Waals surface area contributed by atoms with Crippen molar-refractivity contribution in [3.8, 4) is 0 Å². The fourth-order valence-corrected chi connectivity index (χ4v) is 2.39. The maximum Gasteiger partial charge on any atom is 0.230 e. The Morgan fingerprint density at radius 1 is 1.42 bits per heavy atom. The fraction of sp³-hybridized carbons (Fsp3) is 0.462. The predicted octanol–water partition coefficient (Wildman–Crippen LogP) is 1.95. The number of aliphatic hydroxyl groups is 1. The Morgan fingerprint density at radius 3 is 2.74 bits per heavy atom. The quantitative estimate of drug-likeness (QED) is 0.786. The molecule has 3 nitrogen and oxygen atoms in total. The standard InChI is InChI=1S/C13H15F2NO2S/c14-9-1-2-11(10(15)5-9)19-6-12(18)16-7-13(8-17)3-4-13/h1-2,5,17H,3-4,6-8H2,(H,16,18). The number of hydrogen-bond donors (Lipinski definition) is 2. The van der Waals surface area contributed by atoms with Crippen LogP contribution in [-0.4, -0.2) is 29.9 Å². The zero-order chi connectivity index (χ0) is 13.9. The molecule has 0 bridgehead atoms. The second-order valence-electron chi connectivity index (χ2n) is 4.80. The molecule has 1 aliphatic carbocycles. The van der Waals surface area contributed by atoms with E-state index in [0.29, 0.717) is 6.54 Å². The van der Waals surface area contributed by atoms with Gasteiger partial charge in [0.1, 0.15) is 11.6 Å². The molecule has 19 heavy (non-hydrogen) atoms. The second-order valence-corrected chi connectivity index (χ2v) is 5.82. The van der Waals surface area contributed by atoms with Gasteiger partial charge in [0.25, 0.3) is 0 Å². The molecule has 0 heterocycles. The van der Waals surface area contributed by atoms with E-state index in [1.165, 1.54) is 6.07 Å². The molecule has 1 aliphatic rings. The summed E-state index contributed by atoms with van der Waals surface area (Å²) < 4.78 is 26.0. The maximum atomic E-state index is 13.3. The van der Waals surface area contributed by atoms with Gasteiger partial charge in [-0.25, -0.2) is 8.78 Å². The number of carbonyl (C=O) groups is 1. The minimum Gasteiger partial charge on any atom is -0.396 e. The number of thioether (sulfide) groups is 1. The normalized spacial score (nSPS) is 16.2. The molecule has 0 atom stereocenters. The minimum absolute atomic E-state index is 0.0735. The number of hydrogen-bond acceptors (Lipinski definition) is 3. The number of amides is 1. The van der Waals surface area contributed by atoms with E-state index < -0.39 is 11.6 Å². The van der Waals surface area contributed by atoms with Gasteiger partial charge in [0.15, 0.2) is 0 Å². The highest BCUT2D eigenvalue weighted by Crippen LogP contribution is 2.44. The van der Waals surface area contributed by atoms with Crippen LogP contribution < -0.4 is 5.32 Å². The van der Waals surface area contributed by atoms with E-state index in [2.05, 4.69) is 5.32 Å². The summed E-state index contributed by atoms with van der Waals surface area (Å²) in [7, 11) is 0. The topological polar surface area (TPSA) is 49.3 Å². The van der Waals surface area contributed by atoms with Crippen molar-refractivity contribution in [1.29, 1.82) is 0 Å². The van der Waals surface area contributed by atoms with Gasteiger partial charge in [0.05, 0.1) is 12.4 Å². The second kappa shape index (κ2) is 5.88. The third kappa shape index (κ3) is 3.91. The summed E-state index contributed by atoms with van der Waals surface area (Å²) in [6.07, 6.45) is 1.84. The average Bonchev–Trinajstić information content (AvgIpc) is 3.16. The molecule has 0 unspecified atom stereocenters. The highest BCUT2D eigenvalue weighted by molar-refractivity contribution is 8.00. The Labute approximate surface area is 114 Å². The zero-order valence-corrected chi connectivity index (χ0v) is 11.1. The van der Waals surface area contributed by atoms with E-state index in [-0.39, 0.29) is 28.6 Å². The zero-order valence-electron chi connectivity index (χ0n) is 10.3. The first-order valence-electron chi connectivity index (χ1n) is 6.00. The lowest BCUT2D eigenvalue weighted by atomic mass is 10.1. The number of halogens is 2. The summed E-state index contributed by atoms with van der Waals surface area (Å²) >= 11 is 1.03. The van der Waals surface area contributed by atoms with Gasteiger partial charge in [0, 0.05) is 22.9 Å². The first-order valence-corrected chi connectivity index (χ1v) is 6.99. The molecule has 1 fully saturated rings. The van der Waals surface area contributed by atoms with Crippen LogP contribution in [0.25, 0.3) is 0 Å². The van der Waals surface area contributed by atoms with Gasteiger partial charge in [-0.05, 0) is 25.0 Å². The summed E-state index contributed by atoms with van der Waals surface area (Å²) in [4.78, 5) is 11.8. The molecule has 0 radical (unpaired) electrons. The van der Waals surface area contributed by atoms with Crippen molar-refractivity contribution in [2.24, 2.45) is 5.41 Å². The lowest BCUT2D eigenvalue weighted by Crippen LogP contribution is -2.32. The minimum atomic E-state index is -0.660. The maximum absolute atomic E-state index is 13.3. The Bertz CT molecular complexity index is 478. The van der Waals surface area contributed by atoms with E-state index >= 15 is 0 Å². The molecule has 2 rings (SSSR count). The summed E-state index contributed by atoms with van der Waals surface area (Å²) in [5.74, 6) is -1.44. The van der Waals surface area contributed by atoms with Gasteiger partial charge in [-0.2, -0.15) is 0 Å². The third-order valence-corrected chi connectivity index (χ3v) is 4.25. The SMILES string of the molecule is O=C(CSc1ccc(F)cc1F)NCC1(CO)CC1. The monoisotopic (exact) mass is 287 g/mol. The number of nitrogens with one attached hydrogen (secondary N) is 1. The first-order chi connectivity index (χ1) is 9.04. The number of benzene rings is 1. The van der Waals surface area contributed by atoms with Crippen LogP contribution >= 0.6 is 11.8 Å². The average molecular weight is 287 g/mol. The number of rotatable bonds is 6. The van der Waals surface area contributed by atoms with Crippen molar-refractivity contribution >= 4 is 17.7 Å². The predicted molar refractivity (Wildman–Crippen MR) is 68.8 cm³/mol. The summed E-state index contributed by atoms with van der Waals surface area (Å²) in [6, 6.07) is 3.28. The molecule has 1 aromatic carbocycles. The van der Waals surface area contributed by atoms with Gasteiger partial charge in [0.2, 0.25) is 5.91 Å². The van der Waals surface area contributed by atoms with Gasteiger partial charge < -0.3 is 10.4 Å². The lowest BCUT2D eigenvalue weighted by molar-refractivity contribution is -0.118. The summed E-state index contributed by atoms with van der Waals surface area (Å²) in [5, 5.41) is 11.8. The number of carbonyl (C=O) groups excluding carboxylic acids is 1. The highest BCUT2D eigenvalue weighted by atomic mass is 32.2. The third-order valence-electron chi connectivity index (χ3n) is 3.21. The van der Waals surface area contributed by atoms with E-state index in [9.17, 15) is 13.6 Å². The highest BCUT2D eigenvalue weighted by Gasteiger charge is 2.41.